The third-order valence-electron chi connectivity index (χ3n) is 1.26. The molecule has 0 aliphatic carbocycles. The van der Waals surface area contributed by atoms with Gasteiger partial charge in [0.2, 0.25) is 5.91 Å². The van der Waals surface area contributed by atoms with Gasteiger partial charge in [-0.25, -0.2) is 0 Å². The van der Waals surface area contributed by atoms with Gasteiger partial charge in [-0.3, -0.25) is 4.79 Å². The van der Waals surface area contributed by atoms with Crippen molar-refractivity contribution in [3.63, 3.8) is 0 Å². The van der Waals surface area contributed by atoms with Crippen molar-refractivity contribution in [3.05, 3.63) is 12.2 Å². The lowest BCUT2D eigenvalue weighted by Crippen LogP contribution is -2.30. The van der Waals surface area contributed by atoms with Crippen molar-refractivity contribution >= 4 is 5.91 Å². The van der Waals surface area contributed by atoms with Crippen LogP contribution in [0.25, 0.3) is 0 Å². The normalized spacial score (nSPS) is 23.9. The van der Waals surface area contributed by atoms with Crippen LogP contribution in [0, 0.1) is 0 Å². The highest BCUT2D eigenvalue weighted by molar-refractivity contribution is 5.90. The van der Waals surface area contributed by atoms with E-state index < -0.39 is 24.5 Å². The maximum absolute atomic E-state index is 11.6. The number of amides is 1. The number of rotatable bonds is 1. The van der Waals surface area contributed by atoms with Crippen LogP contribution in [0.1, 0.15) is 6.42 Å². The monoisotopic (exact) mass is 165 g/mol. The van der Waals surface area contributed by atoms with Crippen LogP contribution in [0.5, 0.6) is 0 Å². The van der Waals surface area contributed by atoms with Gasteiger partial charge in [0, 0.05) is 6.08 Å². The molecule has 1 atom stereocenters. The molecule has 0 fully saturated rings. The summed E-state index contributed by atoms with van der Waals surface area (Å²) in [6, 6.07) is -0.873. The fraction of sp³-hybridized carbons (Fsp3) is 0.500. The Morgan fingerprint density at radius 1 is 1.55 bits per heavy atom. The summed E-state index contributed by atoms with van der Waals surface area (Å²) in [7, 11) is 0. The van der Waals surface area contributed by atoms with Gasteiger partial charge in [-0.05, 0) is 0 Å². The minimum Gasteiger partial charge on any atom is -0.346 e. The summed E-state index contributed by atoms with van der Waals surface area (Å²) < 4.78 is 34.9. The van der Waals surface area contributed by atoms with Crippen LogP contribution < -0.4 is 5.32 Å². The van der Waals surface area contributed by atoms with Crippen LogP contribution >= 0.6 is 0 Å². The SMILES string of the molecule is O=C1C=CC(CC(F)(F)F)N1. The fourth-order valence-electron chi connectivity index (χ4n) is 0.851. The number of carbonyl (C=O) groups is 1. The summed E-state index contributed by atoms with van der Waals surface area (Å²) in [6.45, 7) is 0. The predicted octanol–water partition coefficient (Wildman–Crippen LogP) is 0.993. The Bertz CT molecular complexity index is 196. The molecule has 0 aromatic rings. The first-order valence-corrected chi connectivity index (χ1v) is 3.03. The van der Waals surface area contributed by atoms with Gasteiger partial charge in [0.25, 0.3) is 0 Å². The minimum absolute atomic E-state index is 0.459. The second-order valence-electron chi connectivity index (χ2n) is 2.29. The van der Waals surface area contributed by atoms with Gasteiger partial charge in [-0.1, -0.05) is 6.08 Å². The van der Waals surface area contributed by atoms with E-state index >= 15 is 0 Å². The molecule has 1 heterocycles. The molecule has 2 nitrogen and oxygen atoms in total. The van der Waals surface area contributed by atoms with Crippen LogP contribution in [-0.4, -0.2) is 18.1 Å². The van der Waals surface area contributed by atoms with Crippen LogP contribution in [0.2, 0.25) is 0 Å². The molecule has 0 spiro atoms. The molecule has 5 heteroatoms. The molecular weight excluding hydrogens is 159 g/mol. The summed E-state index contributed by atoms with van der Waals surface area (Å²) in [5.41, 5.74) is 0. The van der Waals surface area contributed by atoms with Crippen molar-refractivity contribution in [3.8, 4) is 0 Å². The zero-order valence-corrected chi connectivity index (χ0v) is 5.48. The molecule has 0 radical (unpaired) electrons. The van der Waals surface area contributed by atoms with Gasteiger partial charge in [-0.2, -0.15) is 13.2 Å². The molecule has 1 aliphatic rings. The van der Waals surface area contributed by atoms with Gasteiger partial charge in [0.05, 0.1) is 12.5 Å². The van der Waals surface area contributed by atoms with Crippen LogP contribution in [-0.2, 0) is 4.79 Å². The highest BCUT2D eigenvalue weighted by atomic mass is 19.4. The first kappa shape index (κ1) is 8.10. The summed E-state index contributed by atoms with van der Waals surface area (Å²) >= 11 is 0. The second-order valence-corrected chi connectivity index (χ2v) is 2.29. The third kappa shape index (κ3) is 2.61. The van der Waals surface area contributed by atoms with E-state index in [4.69, 9.17) is 0 Å². The summed E-state index contributed by atoms with van der Waals surface area (Å²) in [4.78, 5) is 10.4. The van der Waals surface area contributed by atoms with Crippen LogP contribution in [0.3, 0.4) is 0 Å². The number of nitrogens with one attached hydrogen (secondary N) is 1. The Hall–Kier alpha value is -1.00. The number of hydrogen-bond donors (Lipinski definition) is 1. The lowest BCUT2D eigenvalue weighted by molar-refractivity contribution is -0.138. The van der Waals surface area contributed by atoms with Gasteiger partial charge < -0.3 is 5.32 Å². The zero-order chi connectivity index (χ0) is 8.48. The summed E-state index contributed by atoms with van der Waals surface area (Å²) in [5.74, 6) is -0.459. The largest absolute Gasteiger partial charge is 0.391 e. The zero-order valence-electron chi connectivity index (χ0n) is 5.48. The number of halogens is 3. The van der Waals surface area contributed by atoms with Crippen molar-refractivity contribution in [2.24, 2.45) is 0 Å². The highest BCUT2D eigenvalue weighted by Gasteiger charge is 2.32. The maximum atomic E-state index is 11.6. The Morgan fingerprint density at radius 2 is 2.18 bits per heavy atom. The summed E-state index contributed by atoms with van der Waals surface area (Å²) in [6.07, 6.45) is -2.88. The van der Waals surface area contributed by atoms with Crippen LogP contribution in [0.4, 0.5) is 13.2 Å². The Labute approximate surface area is 61.1 Å². The second kappa shape index (κ2) is 2.56. The molecule has 1 unspecified atom stereocenters. The fourth-order valence-corrected chi connectivity index (χ4v) is 0.851. The average Bonchev–Trinajstić information content (AvgIpc) is 2.10. The molecule has 0 saturated carbocycles. The van der Waals surface area contributed by atoms with E-state index in [2.05, 4.69) is 5.32 Å². The van der Waals surface area contributed by atoms with E-state index in [0.29, 0.717) is 0 Å². The van der Waals surface area contributed by atoms with Crippen molar-refractivity contribution in [2.75, 3.05) is 0 Å². The lowest BCUT2D eigenvalue weighted by Gasteiger charge is -2.11. The maximum Gasteiger partial charge on any atom is 0.391 e. The average molecular weight is 165 g/mol. The van der Waals surface area contributed by atoms with Crippen molar-refractivity contribution in [2.45, 2.75) is 18.6 Å². The predicted molar refractivity (Wildman–Crippen MR) is 31.7 cm³/mol. The molecule has 1 aliphatic heterocycles. The molecule has 0 saturated heterocycles. The standard InChI is InChI=1S/C6H6F3NO/c7-6(8,9)3-4-1-2-5(11)10-4/h1-2,4H,3H2,(H,10,11). The van der Waals surface area contributed by atoms with Crippen molar-refractivity contribution in [1.82, 2.24) is 5.32 Å². The molecule has 1 N–H and O–H groups in total. The number of alkyl halides is 3. The summed E-state index contributed by atoms with van der Waals surface area (Å²) in [5, 5.41) is 2.14. The topological polar surface area (TPSA) is 29.1 Å². The Kier molecular flexibility index (Phi) is 1.89. The molecule has 0 bridgehead atoms. The Morgan fingerprint density at radius 3 is 2.55 bits per heavy atom. The first-order chi connectivity index (χ1) is 4.97. The smallest absolute Gasteiger partial charge is 0.346 e. The highest BCUT2D eigenvalue weighted by Crippen LogP contribution is 2.22. The lowest BCUT2D eigenvalue weighted by atomic mass is 10.2. The van der Waals surface area contributed by atoms with E-state index in [1.165, 1.54) is 6.08 Å². The van der Waals surface area contributed by atoms with E-state index in [0.717, 1.165) is 6.08 Å². The van der Waals surface area contributed by atoms with Gasteiger partial charge >= 0.3 is 6.18 Å². The van der Waals surface area contributed by atoms with Gasteiger partial charge in [-0.15, -0.1) is 0 Å². The molecule has 1 amide bonds. The first-order valence-electron chi connectivity index (χ1n) is 3.03. The molecule has 1 rings (SSSR count). The van der Waals surface area contributed by atoms with Crippen molar-refractivity contribution < 1.29 is 18.0 Å². The molecule has 62 valence electrons. The van der Waals surface area contributed by atoms with E-state index in [9.17, 15) is 18.0 Å². The Balaban J connectivity index is 2.42. The van der Waals surface area contributed by atoms with Crippen molar-refractivity contribution in [1.29, 1.82) is 0 Å². The quantitative estimate of drug-likeness (QED) is 0.616. The van der Waals surface area contributed by atoms with Gasteiger partial charge in [0.1, 0.15) is 0 Å². The van der Waals surface area contributed by atoms with E-state index in [1.807, 2.05) is 0 Å². The molecule has 0 aromatic carbocycles. The van der Waals surface area contributed by atoms with Crippen LogP contribution in [0.15, 0.2) is 12.2 Å². The third-order valence-corrected chi connectivity index (χ3v) is 1.26. The minimum atomic E-state index is -4.22. The molecule has 11 heavy (non-hydrogen) atoms. The van der Waals surface area contributed by atoms with Gasteiger partial charge in [0.15, 0.2) is 0 Å². The molecular formula is C6H6F3NO. The van der Waals surface area contributed by atoms with E-state index in [-0.39, 0.29) is 0 Å². The van der Waals surface area contributed by atoms with E-state index in [1.54, 1.807) is 0 Å². The number of carbonyl (C=O) groups excluding carboxylic acids is 1. The number of hydrogen-bond acceptors (Lipinski definition) is 1. The molecule has 0 aromatic heterocycles.